The van der Waals surface area contributed by atoms with Crippen LogP contribution in [0.1, 0.15) is 19.8 Å². The molecule has 0 radical (unpaired) electrons. The molecular formula is C12H20N4O. The van der Waals surface area contributed by atoms with Gasteiger partial charge in [0.1, 0.15) is 0 Å². The molecule has 5 nitrogen and oxygen atoms in total. The lowest BCUT2D eigenvalue weighted by molar-refractivity contribution is 0.345. The summed E-state index contributed by atoms with van der Waals surface area (Å²) < 4.78 is 5.06. The summed E-state index contributed by atoms with van der Waals surface area (Å²) in [5.41, 5.74) is 5.86. The van der Waals surface area contributed by atoms with Crippen LogP contribution in [-0.4, -0.2) is 36.2 Å². The Morgan fingerprint density at radius 1 is 1.47 bits per heavy atom. The third-order valence-corrected chi connectivity index (χ3v) is 3.46. The molecule has 0 saturated carbocycles. The Labute approximate surface area is 102 Å². The molecule has 1 saturated heterocycles. The number of hydrogen-bond acceptors (Lipinski definition) is 5. The molecule has 2 atom stereocenters. The molecule has 1 fully saturated rings. The van der Waals surface area contributed by atoms with Crippen molar-refractivity contribution in [3.05, 3.63) is 12.4 Å². The second kappa shape index (κ2) is 5.31. The van der Waals surface area contributed by atoms with Crippen molar-refractivity contribution in [2.45, 2.75) is 25.8 Å². The molecule has 0 bridgehead atoms. The maximum absolute atomic E-state index is 5.86. The number of hydrogen-bond donors (Lipinski definition) is 1. The smallest absolute Gasteiger partial charge is 0.225 e. The van der Waals surface area contributed by atoms with Crippen LogP contribution in [0.15, 0.2) is 12.4 Å². The molecule has 2 rings (SSSR count). The van der Waals surface area contributed by atoms with E-state index in [2.05, 4.69) is 21.8 Å². The maximum atomic E-state index is 5.86. The Balaban J connectivity index is 2.18. The van der Waals surface area contributed by atoms with E-state index in [-0.39, 0.29) is 0 Å². The summed E-state index contributed by atoms with van der Waals surface area (Å²) in [7, 11) is 1.62. The van der Waals surface area contributed by atoms with E-state index in [0.29, 0.717) is 24.3 Å². The number of aromatic nitrogens is 2. The van der Waals surface area contributed by atoms with Crippen LogP contribution in [0, 0.1) is 5.92 Å². The summed E-state index contributed by atoms with van der Waals surface area (Å²) in [5.74, 6) is 2.04. The van der Waals surface area contributed by atoms with Crippen molar-refractivity contribution < 1.29 is 4.74 Å². The number of nitrogens with two attached hydrogens (primary N) is 1. The first-order chi connectivity index (χ1) is 8.26. The quantitative estimate of drug-likeness (QED) is 0.849. The third kappa shape index (κ3) is 2.49. The minimum atomic E-state index is 0.345. The molecule has 1 aromatic rings. The van der Waals surface area contributed by atoms with Crippen LogP contribution in [0.3, 0.4) is 0 Å². The molecule has 0 aliphatic carbocycles. The second-order valence-corrected chi connectivity index (χ2v) is 4.54. The van der Waals surface area contributed by atoms with Gasteiger partial charge in [0.2, 0.25) is 5.95 Å². The summed E-state index contributed by atoms with van der Waals surface area (Å²) in [4.78, 5) is 10.9. The lowest BCUT2D eigenvalue weighted by atomic mass is 9.91. The van der Waals surface area contributed by atoms with E-state index in [0.717, 1.165) is 12.5 Å². The standard InChI is InChI=1S/C12H20N4O/c1-9-4-3-5-16(11(9)6-13)12-14-7-10(17-2)8-15-12/h7-9,11H,3-6,13H2,1-2H3. The fourth-order valence-corrected chi connectivity index (χ4v) is 2.42. The third-order valence-electron chi connectivity index (χ3n) is 3.46. The molecule has 0 amide bonds. The van der Waals surface area contributed by atoms with Gasteiger partial charge in [-0.3, -0.25) is 0 Å². The molecule has 1 aromatic heterocycles. The zero-order valence-corrected chi connectivity index (χ0v) is 10.5. The maximum Gasteiger partial charge on any atom is 0.225 e. The van der Waals surface area contributed by atoms with E-state index in [1.807, 2.05) is 0 Å². The van der Waals surface area contributed by atoms with Crippen molar-refractivity contribution in [3.63, 3.8) is 0 Å². The van der Waals surface area contributed by atoms with Crippen LogP contribution in [0.25, 0.3) is 0 Å². The largest absolute Gasteiger partial charge is 0.494 e. The fourth-order valence-electron chi connectivity index (χ4n) is 2.42. The predicted octanol–water partition coefficient (Wildman–Crippen LogP) is 1.05. The SMILES string of the molecule is COc1cnc(N2CCCC(C)C2CN)nc1. The Morgan fingerprint density at radius 2 is 2.18 bits per heavy atom. The molecule has 2 heterocycles. The normalized spacial score (nSPS) is 24.8. The summed E-state index contributed by atoms with van der Waals surface area (Å²) >= 11 is 0. The zero-order valence-electron chi connectivity index (χ0n) is 10.5. The lowest BCUT2D eigenvalue weighted by Crippen LogP contribution is -2.49. The molecule has 5 heteroatoms. The molecule has 0 aromatic carbocycles. The molecule has 94 valence electrons. The van der Waals surface area contributed by atoms with Gasteiger partial charge in [0, 0.05) is 19.1 Å². The number of methoxy groups -OCH3 is 1. The summed E-state index contributed by atoms with van der Waals surface area (Å²) in [6.45, 7) is 3.88. The summed E-state index contributed by atoms with van der Waals surface area (Å²) in [6, 6.07) is 0.345. The van der Waals surface area contributed by atoms with E-state index in [9.17, 15) is 0 Å². The monoisotopic (exact) mass is 236 g/mol. The average Bonchev–Trinajstić information content (AvgIpc) is 2.38. The topological polar surface area (TPSA) is 64.3 Å². The lowest BCUT2D eigenvalue weighted by Gasteiger charge is -2.39. The minimum Gasteiger partial charge on any atom is -0.494 e. The fraction of sp³-hybridized carbons (Fsp3) is 0.667. The van der Waals surface area contributed by atoms with E-state index < -0.39 is 0 Å². The van der Waals surface area contributed by atoms with E-state index >= 15 is 0 Å². The van der Waals surface area contributed by atoms with Crippen molar-refractivity contribution in [1.29, 1.82) is 0 Å². The highest BCUT2D eigenvalue weighted by Crippen LogP contribution is 2.26. The molecule has 2 N–H and O–H groups in total. The van der Waals surface area contributed by atoms with Gasteiger partial charge in [-0.05, 0) is 18.8 Å². The Bertz CT molecular complexity index is 354. The highest BCUT2D eigenvalue weighted by molar-refractivity contribution is 5.34. The van der Waals surface area contributed by atoms with Crippen molar-refractivity contribution in [3.8, 4) is 5.75 Å². The van der Waals surface area contributed by atoms with Crippen LogP contribution in [0.4, 0.5) is 5.95 Å². The van der Waals surface area contributed by atoms with Gasteiger partial charge in [0.05, 0.1) is 19.5 Å². The summed E-state index contributed by atoms with van der Waals surface area (Å²) in [6.07, 6.45) is 5.81. The average molecular weight is 236 g/mol. The van der Waals surface area contributed by atoms with Crippen LogP contribution < -0.4 is 15.4 Å². The van der Waals surface area contributed by atoms with E-state index in [4.69, 9.17) is 10.5 Å². The number of piperidine rings is 1. The van der Waals surface area contributed by atoms with Crippen LogP contribution in [-0.2, 0) is 0 Å². The van der Waals surface area contributed by atoms with Gasteiger partial charge >= 0.3 is 0 Å². The number of anilines is 1. The number of nitrogens with zero attached hydrogens (tertiary/aromatic N) is 3. The molecule has 17 heavy (non-hydrogen) atoms. The number of rotatable bonds is 3. The highest BCUT2D eigenvalue weighted by atomic mass is 16.5. The predicted molar refractivity (Wildman–Crippen MR) is 67.2 cm³/mol. The van der Waals surface area contributed by atoms with Gasteiger partial charge in [0.15, 0.2) is 5.75 Å². The first-order valence-electron chi connectivity index (χ1n) is 6.09. The molecule has 1 aliphatic heterocycles. The van der Waals surface area contributed by atoms with Gasteiger partial charge in [0.25, 0.3) is 0 Å². The van der Waals surface area contributed by atoms with Gasteiger partial charge in [-0.15, -0.1) is 0 Å². The van der Waals surface area contributed by atoms with E-state index in [1.54, 1.807) is 19.5 Å². The van der Waals surface area contributed by atoms with Crippen molar-refractivity contribution in [2.75, 3.05) is 25.1 Å². The Morgan fingerprint density at radius 3 is 2.76 bits per heavy atom. The Kier molecular flexibility index (Phi) is 3.78. The van der Waals surface area contributed by atoms with Crippen molar-refractivity contribution in [1.82, 2.24) is 9.97 Å². The van der Waals surface area contributed by atoms with E-state index in [1.165, 1.54) is 12.8 Å². The second-order valence-electron chi connectivity index (χ2n) is 4.54. The zero-order chi connectivity index (χ0) is 12.3. The van der Waals surface area contributed by atoms with Gasteiger partial charge in [-0.25, -0.2) is 9.97 Å². The molecule has 0 spiro atoms. The number of ether oxygens (including phenoxy) is 1. The van der Waals surface area contributed by atoms with Crippen LogP contribution >= 0.6 is 0 Å². The van der Waals surface area contributed by atoms with Crippen LogP contribution in [0.2, 0.25) is 0 Å². The van der Waals surface area contributed by atoms with Gasteiger partial charge in [-0.1, -0.05) is 6.92 Å². The first-order valence-corrected chi connectivity index (χ1v) is 6.09. The van der Waals surface area contributed by atoms with Crippen molar-refractivity contribution >= 4 is 5.95 Å². The van der Waals surface area contributed by atoms with Gasteiger partial charge in [-0.2, -0.15) is 0 Å². The van der Waals surface area contributed by atoms with Crippen molar-refractivity contribution in [2.24, 2.45) is 11.7 Å². The van der Waals surface area contributed by atoms with Gasteiger partial charge < -0.3 is 15.4 Å². The summed E-state index contributed by atoms with van der Waals surface area (Å²) in [5, 5.41) is 0. The Hall–Kier alpha value is -1.36. The minimum absolute atomic E-state index is 0.345. The molecular weight excluding hydrogens is 216 g/mol. The van der Waals surface area contributed by atoms with Crippen LogP contribution in [0.5, 0.6) is 5.75 Å². The first kappa shape index (κ1) is 12.1. The highest BCUT2D eigenvalue weighted by Gasteiger charge is 2.28. The molecule has 2 unspecified atom stereocenters. The molecule has 1 aliphatic rings.